The summed E-state index contributed by atoms with van der Waals surface area (Å²) < 4.78 is 64.9. The van der Waals surface area contributed by atoms with E-state index in [1.54, 1.807) is 0 Å². The van der Waals surface area contributed by atoms with Crippen LogP contribution in [0.2, 0.25) is 0 Å². The monoisotopic (exact) mass is 240 g/mol. The first-order valence-corrected chi connectivity index (χ1v) is 3.11. The molecule has 0 aromatic rings. The van der Waals surface area contributed by atoms with Crippen molar-refractivity contribution in [2.24, 2.45) is 0 Å². The third-order valence-electron chi connectivity index (χ3n) is 0.567. The van der Waals surface area contributed by atoms with Gasteiger partial charge in [0, 0.05) is 0 Å². The number of rotatable bonds is 0. The summed E-state index contributed by atoms with van der Waals surface area (Å²) in [7, 11) is 0. The summed E-state index contributed by atoms with van der Waals surface area (Å²) in [4.78, 5) is 0. The van der Waals surface area contributed by atoms with Gasteiger partial charge in [-0.2, -0.15) is 0 Å². The first kappa shape index (κ1) is 10.3. The van der Waals surface area contributed by atoms with Crippen LogP contribution in [0.4, 0.5) is 26.3 Å². The molecule has 0 saturated carbocycles. The van der Waals surface area contributed by atoms with Crippen molar-refractivity contribution in [3.8, 4) is 0 Å². The molecular formula is C3F6Zr+2. The molecular weight excluding hydrogens is 241 g/mol. The van der Waals surface area contributed by atoms with Gasteiger partial charge in [-0.1, -0.05) is 0 Å². The van der Waals surface area contributed by atoms with Crippen molar-refractivity contribution in [1.82, 2.24) is 0 Å². The van der Waals surface area contributed by atoms with Gasteiger partial charge in [0.25, 0.3) is 0 Å². The molecule has 0 amide bonds. The quantitative estimate of drug-likeness (QED) is 0.568. The van der Waals surface area contributed by atoms with Crippen LogP contribution in [-0.4, -0.2) is 15.6 Å². The molecule has 0 unspecified atom stereocenters. The van der Waals surface area contributed by atoms with Gasteiger partial charge >= 0.3 is 66.1 Å². The van der Waals surface area contributed by atoms with Gasteiger partial charge < -0.3 is 0 Å². The van der Waals surface area contributed by atoms with Crippen LogP contribution in [-0.2, 0) is 24.2 Å². The molecule has 0 aromatic heterocycles. The first-order chi connectivity index (χ1) is 4.15. The molecule has 0 bridgehead atoms. The van der Waals surface area contributed by atoms with E-state index in [-0.39, 0.29) is 0 Å². The predicted molar refractivity (Wildman–Crippen MR) is 17.1 cm³/mol. The molecule has 0 radical (unpaired) electrons. The summed E-state index contributed by atoms with van der Waals surface area (Å²) >= 11 is -0.665. The Bertz CT molecular complexity index is 124. The average molecular weight is 241 g/mol. The zero-order chi connectivity index (χ0) is 8.58. The molecule has 0 N–H and O–H groups in total. The molecule has 7 heteroatoms. The molecule has 0 atom stereocenters. The maximum absolute atomic E-state index is 11.2. The third kappa shape index (κ3) is 2.95. The number of hydrogen-bond donors (Lipinski definition) is 0. The van der Waals surface area contributed by atoms with Gasteiger partial charge in [-0.05, 0) is 0 Å². The van der Waals surface area contributed by atoms with Crippen molar-refractivity contribution in [2.75, 3.05) is 0 Å². The van der Waals surface area contributed by atoms with Crippen LogP contribution in [0.15, 0.2) is 0 Å². The summed E-state index contributed by atoms with van der Waals surface area (Å²) in [5, 5.41) is 0. The van der Waals surface area contributed by atoms with Gasteiger partial charge in [0.2, 0.25) is 0 Å². The van der Waals surface area contributed by atoms with E-state index in [0.717, 1.165) is 0 Å². The minimum atomic E-state index is -5.23. The Labute approximate surface area is 66.5 Å². The van der Waals surface area contributed by atoms with Crippen molar-refractivity contribution in [1.29, 1.82) is 0 Å². The normalized spacial score (nSPS) is 13.6. The molecule has 10 heavy (non-hydrogen) atoms. The zero-order valence-electron chi connectivity index (χ0n) is 4.27. The Hall–Kier alpha value is 0.333. The van der Waals surface area contributed by atoms with Gasteiger partial charge in [0.05, 0.1) is 0 Å². The van der Waals surface area contributed by atoms with E-state index in [4.69, 9.17) is 0 Å². The minimum absolute atomic E-state index is 0.665. The fourth-order valence-electron chi connectivity index (χ4n) is 0.161. The van der Waals surface area contributed by atoms with Gasteiger partial charge in [-0.15, -0.1) is 0 Å². The average Bonchev–Trinajstić information content (AvgIpc) is 1.59. The van der Waals surface area contributed by atoms with Crippen LogP contribution < -0.4 is 0 Å². The molecule has 56 valence electrons. The van der Waals surface area contributed by atoms with Gasteiger partial charge in [-0.3, -0.25) is 0 Å². The molecule has 0 aliphatic rings. The van der Waals surface area contributed by atoms with Crippen LogP contribution in [0.3, 0.4) is 0 Å². The Morgan fingerprint density at radius 1 is 0.800 bits per heavy atom. The topological polar surface area (TPSA) is 0 Å². The van der Waals surface area contributed by atoms with Gasteiger partial charge in [-0.25, -0.2) is 0 Å². The molecule has 0 aliphatic carbocycles. The first-order valence-electron chi connectivity index (χ1n) is 1.88. The molecule has 0 saturated heterocycles. The standard InChI is InChI=1S/C3F6.Zr/c4-2(5,6)1-3(7,8)9;/q;+2. The van der Waals surface area contributed by atoms with Crippen molar-refractivity contribution in [3.05, 3.63) is 0 Å². The third-order valence-corrected chi connectivity index (χ3v) is 1.96. The molecule has 0 spiro atoms. The van der Waals surface area contributed by atoms with E-state index in [2.05, 4.69) is 0 Å². The van der Waals surface area contributed by atoms with Crippen LogP contribution in [0.25, 0.3) is 0 Å². The van der Waals surface area contributed by atoms with E-state index < -0.39 is 39.8 Å². The molecule has 0 aromatic carbocycles. The summed E-state index contributed by atoms with van der Waals surface area (Å²) in [6.45, 7) is 0. The fourth-order valence-corrected chi connectivity index (χ4v) is 0.161. The van der Waals surface area contributed by atoms with Crippen molar-refractivity contribution in [2.45, 2.75) is 12.4 Å². The Kier molecular flexibility index (Phi) is 2.85. The Morgan fingerprint density at radius 2 is 1.00 bits per heavy atom. The predicted octanol–water partition coefficient (Wildman–Crippen LogP) is 1.83. The molecule has 0 rings (SSSR count). The second kappa shape index (κ2) is 2.76. The van der Waals surface area contributed by atoms with Crippen LogP contribution >= 0.6 is 0 Å². The van der Waals surface area contributed by atoms with Crippen LogP contribution in [0.1, 0.15) is 0 Å². The van der Waals surface area contributed by atoms with E-state index >= 15 is 0 Å². The summed E-state index contributed by atoms with van der Waals surface area (Å²) in [5.41, 5.74) is 0. The van der Waals surface area contributed by atoms with E-state index in [0.29, 0.717) is 0 Å². The molecule has 0 fully saturated rings. The summed E-state index contributed by atoms with van der Waals surface area (Å²) in [6, 6.07) is 0. The zero-order valence-corrected chi connectivity index (χ0v) is 6.73. The maximum atomic E-state index is 11.2. The Balaban J connectivity index is 4.40. The van der Waals surface area contributed by atoms with E-state index in [1.165, 1.54) is 0 Å². The molecule has 0 heterocycles. The van der Waals surface area contributed by atoms with Crippen LogP contribution in [0, 0.1) is 0 Å². The van der Waals surface area contributed by atoms with Gasteiger partial charge in [0.15, 0.2) is 0 Å². The summed E-state index contributed by atoms with van der Waals surface area (Å²) in [6.07, 6.45) is -10.5. The second-order valence-corrected chi connectivity index (χ2v) is 2.60. The van der Waals surface area contributed by atoms with Gasteiger partial charge in [0.1, 0.15) is 0 Å². The summed E-state index contributed by atoms with van der Waals surface area (Å²) in [5.74, 6) is 0. The Morgan fingerprint density at radius 3 is 1.00 bits per heavy atom. The van der Waals surface area contributed by atoms with Crippen LogP contribution in [0.5, 0.6) is 0 Å². The fraction of sp³-hybridized carbons (Fsp3) is 0.667. The molecule has 0 nitrogen and oxygen atoms in total. The van der Waals surface area contributed by atoms with E-state index in [1.807, 2.05) is 0 Å². The number of halogens is 6. The molecule has 0 aliphatic heterocycles. The SMILES string of the molecule is FC(F)(F)[C](=[Zr+2])C(F)(F)F. The number of hydrogen-bond acceptors (Lipinski definition) is 0. The van der Waals surface area contributed by atoms with Crippen molar-refractivity contribution < 1.29 is 50.6 Å². The van der Waals surface area contributed by atoms with E-state index in [9.17, 15) is 26.3 Å². The van der Waals surface area contributed by atoms with Crippen molar-refractivity contribution in [3.63, 3.8) is 0 Å². The second-order valence-electron chi connectivity index (χ2n) is 1.37. The number of alkyl halides is 6. The van der Waals surface area contributed by atoms with Crippen molar-refractivity contribution >= 4 is 3.21 Å².